The number of amides is 4. The van der Waals surface area contributed by atoms with Crippen LogP contribution in [0.3, 0.4) is 0 Å². The SMILES string of the molecule is COc1c(NC(C)=O)ccc2c1CCC21OC(=O)N(CC(=O)N(Cc2ccc(F)cc2)[C@@H](C)C2CC2)C1=O. The van der Waals surface area contributed by atoms with Gasteiger partial charge in [0.2, 0.25) is 17.4 Å². The molecule has 2 aliphatic carbocycles. The Kier molecular flexibility index (Phi) is 6.58. The molecule has 2 fully saturated rings. The average Bonchev–Trinajstić information content (AvgIpc) is 3.63. The average molecular weight is 524 g/mol. The molecule has 2 aromatic carbocycles. The van der Waals surface area contributed by atoms with Crippen molar-refractivity contribution in [1.82, 2.24) is 9.80 Å². The van der Waals surface area contributed by atoms with E-state index >= 15 is 0 Å². The van der Waals surface area contributed by atoms with Crippen LogP contribution < -0.4 is 10.1 Å². The minimum atomic E-state index is -1.54. The van der Waals surface area contributed by atoms with E-state index in [1.807, 2.05) is 6.92 Å². The number of ether oxygens (including phenoxy) is 2. The molecule has 0 aromatic heterocycles. The van der Waals surface area contributed by atoms with E-state index in [0.29, 0.717) is 34.9 Å². The Morgan fingerprint density at radius 1 is 1.21 bits per heavy atom. The van der Waals surface area contributed by atoms with Gasteiger partial charge in [-0.3, -0.25) is 14.4 Å². The second kappa shape index (κ2) is 9.74. The number of hydrogen-bond acceptors (Lipinski definition) is 6. The van der Waals surface area contributed by atoms with Gasteiger partial charge < -0.3 is 19.7 Å². The molecule has 5 rings (SSSR count). The zero-order valence-electron chi connectivity index (χ0n) is 21.6. The highest BCUT2D eigenvalue weighted by Gasteiger charge is 2.59. The normalized spacial score (nSPS) is 20.8. The lowest BCUT2D eigenvalue weighted by atomic mass is 9.94. The highest BCUT2D eigenvalue weighted by Crippen LogP contribution is 2.50. The van der Waals surface area contributed by atoms with E-state index < -0.39 is 24.1 Å². The zero-order chi connectivity index (χ0) is 27.2. The van der Waals surface area contributed by atoms with Crippen LogP contribution >= 0.6 is 0 Å². The maximum Gasteiger partial charge on any atom is 0.418 e. The molecule has 1 spiro atoms. The Balaban J connectivity index is 1.39. The molecule has 2 aromatic rings. The zero-order valence-corrected chi connectivity index (χ0v) is 21.6. The van der Waals surface area contributed by atoms with Gasteiger partial charge in [0.05, 0.1) is 12.8 Å². The highest BCUT2D eigenvalue weighted by molar-refractivity contribution is 6.06. The molecular weight excluding hydrogens is 493 g/mol. The van der Waals surface area contributed by atoms with Crippen LogP contribution in [0.15, 0.2) is 36.4 Å². The standard InChI is InChI=1S/C28H30FN3O6/c1-16(19-6-7-19)31(14-18-4-8-20(29)9-5-18)24(34)15-32-26(35)28(38-27(32)36)13-12-21-22(28)10-11-23(25(21)37-3)30-17(2)33/h4-5,8-11,16,19H,6-7,12-15H2,1-3H3,(H,30,33)/t16-,28?/m0/s1. The van der Waals surface area contributed by atoms with E-state index in [9.17, 15) is 23.6 Å². The fourth-order valence-corrected chi connectivity index (χ4v) is 5.53. The molecule has 38 heavy (non-hydrogen) atoms. The number of nitrogens with one attached hydrogen (secondary N) is 1. The molecule has 2 atom stereocenters. The van der Waals surface area contributed by atoms with Gasteiger partial charge in [-0.05, 0) is 55.9 Å². The summed E-state index contributed by atoms with van der Waals surface area (Å²) in [6.45, 7) is 3.13. The van der Waals surface area contributed by atoms with Crippen LogP contribution in [0.4, 0.5) is 14.9 Å². The lowest BCUT2D eigenvalue weighted by Gasteiger charge is -2.30. The van der Waals surface area contributed by atoms with Crippen molar-refractivity contribution in [2.45, 2.75) is 57.7 Å². The van der Waals surface area contributed by atoms with Crippen molar-refractivity contribution in [3.05, 3.63) is 58.9 Å². The van der Waals surface area contributed by atoms with Crippen molar-refractivity contribution in [2.75, 3.05) is 19.0 Å². The monoisotopic (exact) mass is 523 g/mol. The van der Waals surface area contributed by atoms with Gasteiger partial charge in [0.15, 0.2) is 0 Å². The number of nitrogens with zero attached hydrogens (tertiary/aromatic N) is 2. The van der Waals surface area contributed by atoms with Crippen LogP contribution in [0.2, 0.25) is 0 Å². The first-order valence-electron chi connectivity index (χ1n) is 12.7. The molecule has 4 amide bonds. The number of anilines is 1. The fourth-order valence-electron chi connectivity index (χ4n) is 5.53. The minimum Gasteiger partial charge on any atom is -0.494 e. The first kappa shape index (κ1) is 25.7. The summed E-state index contributed by atoms with van der Waals surface area (Å²) in [7, 11) is 1.47. The predicted molar refractivity (Wildman–Crippen MR) is 135 cm³/mol. The van der Waals surface area contributed by atoms with Gasteiger partial charge in [-0.1, -0.05) is 18.2 Å². The molecule has 1 saturated heterocycles. The highest BCUT2D eigenvalue weighted by atomic mass is 19.1. The van der Waals surface area contributed by atoms with E-state index in [4.69, 9.17) is 9.47 Å². The van der Waals surface area contributed by atoms with Crippen molar-refractivity contribution < 1.29 is 33.0 Å². The summed E-state index contributed by atoms with van der Waals surface area (Å²) >= 11 is 0. The number of carbonyl (C=O) groups is 4. The van der Waals surface area contributed by atoms with Gasteiger partial charge in [-0.2, -0.15) is 0 Å². The molecule has 1 aliphatic heterocycles. The van der Waals surface area contributed by atoms with Crippen LogP contribution in [0.25, 0.3) is 0 Å². The minimum absolute atomic E-state index is 0.0982. The quantitative estimate of drug-likeness (QED) is 0.565. The van der Waals surface area contributed by atoms with Crippen LogP contribution in [0.1, 0.15) is 49.8 Å². The van der Waals surface area contributed by atoms with Gasteiger partial charge >= 0.3 is 6.09 Å². The van der Waals surface area contributed by atoms with Crippen molar-refractivity contribution in [3.63, 3.8) is 0 Å². The van der Waals surface area contributed by atoms with Gasteiger partial charge in [0, 0.05) is 37.1 Å². The summed E-state index contributed by atoms with van der Waals surface area (Å²) in [5.74, 6) is -0.849. The molecule has 1 saturated carbocycles. The molecule has 9 nitrogen and oxygen atoms in total. The number of rotatable bonds is 8. The number of benzene rings is 2. The molecule has 1 N–H and O–H groups in total. The second-order valence-electron chi connectivity index (χ2n) is 10.2. The van der Waals surface area contributed by atoms with Gasteiger partial charge in [0.25, 0.3) is 5.91 Å². The molecule has 200 valence electrons. The Morgan fingerprint density at radius 2 is 1.92 bits per heavy atom. The van der Waals surface area contributed by atoms with Crippen LogP contribution in [0.5, 0.6) is 5.75 Å². The van der Waals surface area contributed by atoms with Crippen LogP contribution in [0, 0.1) is 11.7 Å². The third-order valence-corrected chi connectivity index (χ3v) is 7.69. The summed E-state index contributed by atoms with van der Waals surface area (Å²) in [4.78, 5) is 54.3. The Morgan fingerprint density at radius 3 is 2.55 bits per heavy atom. The van der Waals surface area contributed by atoms with E-state index in [2.05, 4.69) is 5.32 Å². The molecule has 3 aliphatic rings. The Bertz CT molecular complexity index is 1310. The predicted octanol–water partition coefficient (Wildman–Crippen LogP) is 3.74. The van der Waals surface area contributed by atoms with Crippen molar-refractivity contribution in [1.29, 1.82) is 0 Å². The van der Waals surface area contributed by atoms with E-state index in [0.717, 1.165) is 23.3 Å². The lowest BCUT2D eigenvalue weighted by molar-refractivity contribution is -0.143. The first-order chi connectivity index (χ1) is 18.1. The maximum absolute atomic E-state index is 13.7. The fraction of sp³-hybridized carbons (Fsp3) is 0.429. The summed E-state index contributed by atoms with van der Waals surface area (Å²) in [5, 5.41) is 2.71. The summed E-state index contributed by atoms with van der Waals surface area (Å²) in [6, 6.07) is 9.10. The molecule has 0 radical (unpaired) electrons. The third kappa shape index (κ3) is 4.48. The molecular formula is C28H30FN3O6. The number of methoxy groups -OCH3 is 1. The van der Waals surface area contributed by atoms with E-state index in [1.165, 1.54) is 26.2 Å². The number of carbonyl (C=O) groups excluding carboxylic acids is 4. The van der Waals surface area contributed by atoms with Crippen LogP contribution in [-0.4, -0.2) is 53.3 Å². The topological polar surface area (TPSA) is 105 Å². The number of halogens is 1. The molecule has 1 heterocycles. The smallest absolute Gasteiger partial charge is 0.418 e. The Labute approximate surface area is 219 Å². The van der Waals surface area contributed by atoms with Crippen molar-refractivity contribution in [2.24, 2.45) is 5.92 Å². The van der Waals surface area contributed by atoms with E-state index in [-0.39, 0.29) is 36.6 Å². The largest absolute Gasteiger partial charge is 0.494 e. The molecule has 1 unspecified atom stereocenters. The van der Waals surface area contributed by atoms with Gasteiger partial charge in [-0.15, -0.1) is 0 Å². The maximum atomic E-state index is 13.7. The second-order valence-corrected chi connectivity index (χ2v) is 10.2. The summed E-state index contributed by atoms with van der Waals surface area (Å²) < 4.78 is 24.6. The summed E-state index contributed by atoms with van der Waals surface area (Å²) in [6.07, 6.45) is 1.72. The first-order valence-corrected chi connectivity index (χ1v) is 12.7. The molecule has 10 heteroatoms. The van der Waals surface area contributed by atoms with Gasteiger partial charge in [0.1, 0.15) is 18.1 Å². The number of fused-ring (bicyclic) bond motifs is 2. The van der Waals surface area contributed by atoms with Crippen molar-refractivity contribution in [3.8, 4) is 5.75 Å². The number of hydrogen-bond donors (Lipinski definition) is 1. The lowest BCUT2D eigenvalue weighted by Crippen LogP contribution is -2.47. The van der Waals surface area contributed by atoms with E-state index in [1.54, 1.807) is 29.2 Å². The van der Waals surface area contributed by atoms with Crippen molar-refractivity contribution >= 4 is 29.5 Å². The van der Waals surface area contributed by atoms with Gasteiger partial charge in [-0.25, -0.2) is 14.1 Å². The third-order valence-electron chi connectivity index (χ3n) is 7.69. The summed E-state index contributed by atoms with van der Waals surface area (Å²) in [5.41, 5.74) is 0.842. The van der Waals surface area contributed by atoms with Crippen LogP contribution in [-0.2, 0) is 37.7 Å². The molecule has 0 bridgehead atoms. The number of imide groups is 1. The Hall–Kier alpha value is -3.95.